The third-order valence-electron chi connectivity index (χ3n) is 1.52. The summed E-state index contributed by atoms with van der Waals surface area (Å²) in [5, 5.41) is 8.95. The number of nitrogens with two attached hydrogens (primary N) is 1. The first-order chi connectivity index (χ1) is 7.13. The normalized spacial score (nSPS) is 12.3. The number of benzene rings is 1. The van der Waals surface area contributed by atoms with Gasteiger partial charge in [-0.25, -0.2) is 0 Å². The van der Waals surface area contributed by atoms with Crippen LogP contribution in [0.25, 0.3) is 0 Å². The Morgan fingerprint density at radius 2 is 2.13 bits per heavy atom. The number of thioether (sulfide) groups is 1. The second-order valence-electron chi connectivity index (χ2n) is 2.56. The Hall–Kier alpha value is -0.710. The van der Waals surface area contributed by atoms with Crippen molar-refractivity contribution in [3.05, 3.63) is 33.8 Å². The van der Waals surface area contributed by atoms with Gasteiger partial charge in [-0.3, -0.25) is 0 Å². The Kier molecular flexibility index (Phi) is 4.94. The minimum absolute atomic E-state index is 0.409. The molecule has 2 N–H and O–H groups in total. The molecule has 0 aliphatic rings. The molecular weight excluding hydrogens is 253 g/mol. The lowest BCUT2D eigenvalue weighted by Gasteiger charge is -1.95. The van der Waals surface area contributed by atoms with Crippen molar-refractivity contribution in [3.8, 4) is 0 Å². The van der Waals surface area contributed by atoms with Gasteiger partial charge in [0.05, 0.1) is 16.3 Å². The first kappa shape index (κ1) is 12.4. The van der Waals surface area contributed by atoms with Crippen LogP contribution in [0.5, 0.6) is 0 Å². The molecule has 0 aromatic heterocycles. The lowest BCUT2D eigenvalue weighted by Crippen LogP contribution is -2.03. The fourth-order valence-electron chi connectivity index (χ4n) is 0.786. The van der Waals surface area contributed by atoms with E-state index >= 15 is 0 Å². The van der Waals surface area contributed by atoms with Crippen molar-refractivity contribution in [2.24, 2.45) is 15.9 Å². The van der Waals surface area contributed by atoms with E-state index in [1.54, 1.807) is 24.4 Å². The van der Waals surface area contributed by atoms with Gasteiger partial charge in [0, 0.05) is 0 Å². The van der Waals surface area contributed by atoms with Crippen LogP contribution in [-0.2, 0) is 0 Å². The molecule has 80 valence electrons. The van der Waals surface area contributed by atoms with Crippen LogP contribution in [0.2, 0.25) is 10.0 Å². The maximum atomic E-state index is 5.82. The minimum atomic E-state index is 0.409. The van der Waals surface area contributed by atoms with Gasteiger partial charge < -0.3 is 5.73 Å². The van der Waals surface area contributed by atoms with E-state index in [9.17, 15) is 0 Å². The SMILES string of the molecule is CS/C(N)=N\N=C\c1ccc(Cl)c(Cl)c1. The van der Waals surface area contributed by atoms with Crippen molar-refractivity contribution >= 4 is 46.3 Å². The zero-order valence-corrected chi connectivity index (χ0v) is 10.3. The number of amidine groups is 1. The second kappa shape index (κ2) is 6.00. The van der Waals surface area contributed by atoms with Gasteiger partial charge in [-0.2, -0.15) is 5.10 Å². The van der Waals surface area contributed by atoms with Crippen LogP contribution < -0.4 is 5.73 Å². The van der Waals surface area contributed by atoms with Crippen molar-refractivity contribution in [2.75, 3.05) is 6.26 Å². The van der Waals surface area contributed by atoms with Crippen molar-refractivity contribution in [1.82, 2.24) is 0 Å². The van der Waals surface area contributed by atoms with Crippen LogP contribution in [0.15, 0.2) is 28.4 Å². The van der Waals surface area contributed by atoms with E-state index < -0.39 is 0 Å². The highest BCUT2D eigenvalue weighted by Gasteiger charge is 1.96. The zero-order chi connectivity index (χ0) is 11.3. The van der Waals surface area contributed by atoms with Crippen LogP contribution >= 0.6 is 35.0 Å². The predicted molar refractivity (Wildman–Crippen MR) is 69.2 cm³/mol. The van der Waals surface area contributed by atoms with Gasteiger partial charge in [-0.15, -0.1) is 5.10 Å². The van der Waals surface area contributed by atoms with E-state index in [-0.39, 0.29) is 0 Å². The quantitative estimate of drug-likeness (QED) is 0.506. The van der Waals surface area contributed by atoms with Crippen molar-refractivity contribution in [3.63, 3.8) is 0 Å². The zero-order valence-electron chi connectivity index (χ0n) is 7.95. The molecule has 0 spiro atoms. The Balaban J connectivity index is 2.77. The molecule has 6 heteroatoms. The topological polar surface area (TPSA) is 50.7 Å². The molecule has 1 rings (SSSR count). The molecule has 0 unspecified atom stereocenters. The maximum Gasteiger partial charge on any atom is 0.180 e. The van der Waals surface area contributed by atoms with E-state index in [2.05, 4.69) is 10.2 Å². The minimum Gasteiger partial charge on any atom is -0.377 e. The third-order valence-corrected chi connectivity index (χ3v) is 2.75. The second-order valence-corrected chi connectivity index (χ2v) is 4.20. The Morgan fingerprint density at radius 3 is 2.73 bits per heavy atom. The fourth-order valence-corrected chi connectivity index (χ4v) is 1.22. The maximum absolute atomic E-state index is 5.82. The highest BCUT2D eigenvalue weighted by molar-refractivity contribution is 8.13. The highest BCUT2D eigenvalue weighted by atomic mass is 35.5. The van der Waals surface area contributed by atoms with Gasteiger partial charge in [0.15, 0.2) is 5.17 Å². The predicted octanol–water partition coefficient (Wildman–Crippen LogP) is 3.01. The molecule has 0 bridgehead atoms. The van der Waals surface area contributed by atoms with Crippen molar-refractivity contribution in [2.45, 2.75) is 0 Å². The third kappa shape index (κ3) is 4.11. The molecule has 1 aromatic carbocycles. The summed E-state index contributed by atoms with van der Waals surface area (Å²) in [5.74, 6) is 0. The average molecular weight is 262 g/mol. The number of nitrogens with zero attached hydrogens (tertiary/aromatic N) is 2. The summed E-state index contributed by atoms with van der Waals surface area (Å²) in [7, 11) is 0. The summed E-state index contributed by atoms with van der Waals surface area (Å²) in [4.78, 5) is 0. The van der Waals surface area contributed by atoms with Gasteiger partial charge in [-0.05, 0) is 24.0 Å². The van der Waals surface area contributed by atoms with E-state index in [1.807, 2.05) is 6.26 Å². The Labute approximate surface area is 102 Å². The van der Waals surface area contributed by atoms with E-state index in [1.165, 1.54) is 11.8 Å². The molecule has 0 radical (unpaired) electrons. The number of hydrogen-bond donors (Lipinski definition) is 1. The molecular formula is C9H9Cl2N3S. The van der Waals surface area contributed by atoms with Gasteiger partial charge in [0.2, 0.25) is 0 Å². The lowest BCUT2D eigenvalue weighted by molar-refractivity contribution is 1.25. The summed E-state index contributed by atoms with van der Waals surface area (Å²) >= 11 is 12.9. The first-order valence-corrected chi connectivity index (χ1v) is 5.97. The van der Waals surface area contributed by atoms with Crippen molar-refractivity contribution < 1.29 is 0 Å². The summed E-state index contributed by atoms with van der Waals surface area (Å²) < 4.78 is 0. The lowest BCUT2D eigenvalue weighted by atomic mass is 10.2. The molecule has 0 aliphatic heterocycles. The average Bonchev–Trinajstić information content (AvgIpc) is 2.23. The van der Waals surface area contributed by atoms with Crippen LogP contribution in [0.4, 0.5) is 0 Å². The Morgan fingerprint density at radius 1 is 1.40 bits per heavy atom. The van der Waals surface area contributed by atoms with E-state index in [0.717, 1.165) is 5.56 Å². The highest BCUT2D eigenvalue weighted by Crippen LogP contribution is 2.21. The van der Waals surface area contributed by atoms with Gasteiger partial charge in [0.1, 0.15) is 0 Å². The largest absolute Gasteiger partial charge is 0.377 e. The van der Waals surface area contributed by atoms with Crippen LogP contribution in [0.3, 0.4) is 0 Å². The van der Waals surface area contributed by atoms with Crippen LogP contribution in [0, 0.1) is 0 Å². The Bertz CT molecular complexity index is 404. The molecule has 0 heterocycles. The van der Waals surface area contributed by atoms with Gasteiger partial charge in [-0.1, -0.05) is 41.0 Å². The standard InChI is InChI=1S/C9H9Cl2N3S/c1-15-9(12)14-13-5-6-2-3-7(10)8(11)4-6/h2-5H,1H3,(H2,12,14)/b13-5+. The molecule has 0 amide bonds. The summed E-state index contributed by atoms with van der Waals surface area (Å²) in [6.07, 6.45) is 3.39. The van der Waals surface area contributed by atoms with Crippen LogP contribution in [-0.4, -0.2) is 17.6 Å². The number of rotatable bonds is 2. The molecule has 1 aromatic rings. The molecule has 0 aliphatic carbocycles. The molecule has 0 saturated carbocycles. The monoisotopic (exact) mass is 261 g/mol. The number of hydrogen-bond acceptors (Lipinski definition) is 3. The molecule has 0 fully saturated rings. The summed E-state index contributed by atoms with van der Waals surface area (Å²) in [6.45, 7) is 0. The first-order valence-electron chi connectivity index (χ1n) is 3.99. The smallest absolute Gasteiger partial charge is 0.180 e. The fraction of sp³-hybridized carbons (Fsp3) is 0.111. The van der Waals surface area contributed by atoms with E-state index in [0.29, 0.717) is 15.2 Å². The molecule has 15 heavy (non-hydrogen) atoms. The summed E-state index contributed by atoms with van der Waals surface area (Å²) in [6, 6.07) is 5.20. The summed E-state index contributed by atoms with van der Waals surface area (Å²) in [5.41, 5.74) is 6.26. The molecule has 0 saturated heterocycles. The van der Waals surface area contributed by atoms with Crippen molar-refractivity contribution in [1.29, 1.82) is 0 Å². The van der Waals surface area contributed by atoms with Crippen LogP contribution in [0.1, 0.15) is 5.56 Å². The van der Waals surface area contributed by atoms with Gasteiger partial charge >= 0.3 is 0 Å². The number of halogens is 2. The molecule has 0 atom stereocenters. The van der Waals surface area contributed by atoms with Gasteiger partial charge in [0.25, 0.3) is 0 Å². The van der Waals surface area contributed by atoms with E-state index in [4.69, 9.17) is 28.9 Å². The molecule has 3 nitrogen and oxygen atoms in total.